The summed E-state index contributed by atoms with van der Waals surface area (Å²) < 4.78 is 21.3. The average molecular weight is 588 g/mol. The van der Waals surface area contributed by atoms with Crippen LogP contribution in [0.25, 0.3) is 10.9 Å². The zero-order valence-electron chi connectivity index (χ0n) is 19.8. The molecular formula is C26H21BrClFN4O4. The zero-order chi connectivity index (χ0) is 26.7. The van der Waals surface area contributed by atoms with Crippen molar-refractivity contribution < 1.29 is 14.1 Å². The molecule has 0 aliphatic carbocycles. The summed E-state index contributed by atoms with van der Waals surface area (Å²) in [4.78, 5) is 29.2. The molecule has 11 heteroatoms. The lowest BCUT2D eigenvalue weighted by Gasteiger charge is -2.14. The van der Waals surface area contributed by atoms with E-state index in [-0.39, 0.29) is 34.5 Å². The first kappa shape index (κ1) is 26.4. The largest absolute Gasteiger partial charge is 0.481 e. The van der Waals surface area contributed by atoms with Gasteiger partial charge in [0.05, 0.1) is 22.0 Å². The van der Waals surface area contributed by atoms with Gasteiger partial charge in [0.15, 0.2) is 0 Å². The van der Waals surface area contributed by atoms with Crippen molar-refractivity contribution in [3.8, 4) is 5.75 Å². The van der Waals surface area contributed by atoms with E-state index >= 15 is 0 Å². The van der Waals surface area contributed by atoms with Gasteiger partial charge in [-0.3, -0.25) is 14.9 Å². The molecule has 0 amide bonds. The maximum Gasteiger partial charge on any atom is 0.313 e. The van der Waals surface area contributed by atoms with Crippen molar-refractivity contribution in [2.45, 2.75) is 32.8 Å². The van der Waals surface area contributed by atoms with E-state index in [1.165, 1.54) is 35.2 Å². The van der Waals surface area contributed by atoms with Gasteiger partial charge in [-0.15, -0.1) is 0 Å². The van der Waals surface area contributed by atoms with E-state index in [0.717, 1.165) is 6.07 Å². The number of ether oxygens (including phenoxy) is 1. The Morgan fingerprint density at radius 2 is 2.05 bits per heavy atom. The number of nitro groups is 1. The first-order valence-corrected chi connectivity index (χ1v) is 12.5. The number of halogens is 3. The molecule has 0 spiro atoms. The molecule has 0 aliphatic heterocycles. The molecule has 1 heterocycles. The fourth-order valence-electron chi connectivity index (χ4n) is 3.67. The van der Waals surface area contributed by atoms with Crippen molar-refractivity contribution in [2.75, 3.05) is 0 Å². The molecule has 1 aromatic heterocycles. The first-order chi connectivity index (χ1) is 17.7. The van der Waals surface area contributed by atoms with Gasteiger partial charge in [0.25, 0.3) is 5.56 Å². The van der Waals surface area contributed by atoms with Gasteiger partial charge < -0.3 is 4.74 Å². The van der Waals surface area contributed by atoms with E-state index in [4.69, 9.17) is 16.3 Å². The summed E-state index contributed by atoms with van der Waals surface area (Å²) in [6, 6.07) is 13.5. The number of hydrogen-bond acceptors (Lipinski definition) is 6. The Bertz CT molecular complexity index is 1590. The highest BCUT2D eigenvalue weighted by Crippen LogP contribution is 2.34. The second-order valence-electron chi connectivity index (χ2n) is 8.32. The molecule has 0 aliphatic rings. The molecule has 1 atom stereocenters. The summed E-state index contributed by atoms with van der Waals surface area (Å²) >= 11 is 9.53. The average Bonchev–Trinajstić information content (AvgIpc) is 2.86. The first-order valence-electron chi connectivity index (χ1n) is 11.3. The number of fused-ring (bicyclic) bond motifs is 1. The summed E-state index contributed by atoms with van der Waals surface area (Å²) in [5.41, 5.74) is 0.406. The number of nitrogens with zero attached hydrogens (tertiary/aromatic N) is 4. The van der Waals surface area contributed by atoms with Gasteiger partial charge in [-0.25, -0.2) is 9.37 Å². The van der Waals surface area contributed by atoms with Gasteiger partial charge in [0.1, 0.15) is 18.2 Å². The summed E-state index contributed by atoms with van der Waals surface area (Å²) in [7, 11) is 0. The minimum Gasteiger partial charge on any atom is -0.481 e. The normalized spacial score (nSPS) is 12.2. The monoisotopic (exact) mass is 586 g/mol. The molecule has 0 unspecified atom stereocenters. The van der Waals surface area contributed by atoms with Gasteiger partial charge in [-0.05, 0) is 48.4 Å². The molecule has 190 valence electrons. The van der Waals surface area contributed by atoms with Gasteiger partial charge >= 0.3 is 5.69 Å². The molecule has 4 aromatic rings. The molecule has 37 heavy (non-hydrogen) atoms. The Kier molecular flexibility index (Phi) is 7.99. The van der Waals surface area contributed by atoms with E-state index in [1.54, 1.807) is 24.3 Å². The Morgan fingerprint density at radius 3 is 2.76 bits per heavy atom. The van der Waals surface area contributed by atoms with Crippen LogP contribution in [0.2, 0.25) is 5.02 Å². The van der Waals surface area contributed by atoms with E-state index in [0.29, 0.717) is 33.2 Å². The fraction of sp³-hybridized carbons (Fsp3) is 0.192. The van der Waals surface area contributed by atoms with Gasteiger partial charge in [0, 0.05) is 27.0 Å². The van der Waals surface area contributed by atoms with E-state index in [9.17, 15) is 19.3 Å². The highest BCUT2D eigenvalue weighted by Gasteiger charge is 2.22. The van der Waals surface area contributed by atoms with Crippen LogP contribution in [0.5, 0.6) is 5.75 Å². The molecule has 0 fully saturated rings. The highest BCUT2D eigenvalue weighted by molar-refractivity contribution is 9.10. The third-order valence-corrected chi connectivity index (χ3v) is 6.44. The topological polar surface area (TPSA) is 99.6 Å². The van der Waals surface area contributed by atoms with Crippen LogP contribution in [-0.4, -0.2) is 20.8 Å². The Balaban J connectivity index is 1.84. The minimum absolute atomic E-state index is 0.0846. The van der Waals surface area contributed by atoms with Crippen LogP contribution in [0, 0.1) is 15.9 Å². The molecule has 3 aromatic carbocycles. The smallest absolute Gasteiger partial charge is 0.313 e. The van der Waals surface area contributed by atoms with Crippen LogP contribution in [0.15, 0.2) is 69.0 Å². The number of aromatic nitrogens is 2. The van der Waals surface area contributed by atoms with Crippen molar-refractivity contribution in [1.82, 2.24) is 9.66 Å². The quantitative estimate of drug-likeness (QED) is 0.128. The number of nitro benzene ring substituents is 1. The maximum absolute atomic E-state index is 13.6. The lowest BCUT2D eigenvalue weighted by Crippen LogP contribution is -2.23. The van der Waals surface area contributed by atoms with Crippen LogP contribution in [0.3, 0.4) is 0 Å². The predicted octanol–water partition coefficient (Wildman–Crippen LogP) is 6.83. The van der Waals surface area contributed by atoms with Crippen LogP contribution < -0.4 is 10.3 Å². The van der Waals surface area contributed by atoms with Crippen molar-refractivity contribution in [1.29, 1.82) is 0 Å². The fourth-order valence-corrected chi connectivity index (χ4v) is 4.25. The molecule has 0 radical (unpaired) electrons. The second-order valence-corrected chi connectivity index (χ2v) is 9.67. The summed E-state index contributed by atoms with van der Waals surface area (Å²) in [6.07, 6.45) is 1.98. The van der Waals surface area contributed by atoms with Gasteiger partial charge in [-0.2, -0.15) is 9.78 Å². The predicted molar refractivity (Wildman–Crippen MR) is 144 cm³/mol. The highest BCUT2D eigenvalue weighted by atomic mass is 79.9. The Morgan fingerprint density at radius 1 is 1.27 bits per heavy atom. The van der Waals surface area contributed by atoms with Crippen LogP contribution in [0.1, 0.15) is 43.1 Å². The molecule has 8 nitrogen and oxygen atoms in total. The van der Waals surface area contributed by atoms with Crippen molar-refractivity contribution >= 4 is 50.3 Å². The molecular weight excluding hydrogens is 567 g/mol. The van der Waals surface area contributed by atoms with Crippen LogP contribution in [-0.2, 0) is 6.61 Å². The summed E-state index contributed by atoms with van der Waals surface area (Å²) in [5.74, 6) is -0.231. The van der Waals surface area contributed by atoms with Crippen LogP contribution in [0.4, 0.5) is 10.1 Å². The van der Waals surface area contributed by atoms with Crippen molar-refractivity contribution in [2.24, 2.45) is 5.10 Å². The van der Waals surface area contributed by atoms with E-state index in [1.807, 2.05) is 13.8 Å². The third kappa shape index (κ3) is 5.86. The SMILES string of the molecule is CC[C@H](C)c1nc2ccc(Br)cc2c(=O)n1N=Cc1cc(Cl)cc([N+](=O)[O-])c1OCc1cccc(F)c1. The van der Waals surface area contributed by atoms with Crippen LogP contribution >= 0.6 is 27.5 Å². The number of benzene rings is 3. The zero-order valence-corrected chi connectivity index (χ0v) is 22.2. The molecule has 0 N–H and O–H groups in total. The summed E-state index contributed by atoms with van der Waals surface area (Å²) in [5, 5.41) is 16.6. The molecule has 0 bridgehead atoms. The van der Waals surface area contributed by atoms with Gasteiger partial charge in [0.2, 0.25) is 5.75 Å². The second kappa shape index (κ2) is 11.2. The standard InChI is InChI=1S/C26H21BrClFN4O4/c1-3-15(2)25-31-22-8-7-18(27)11-21(22)26(34)32(25)30-13-17-10-19(28)12-23(33(35)36)24(17)37-14-16-5-4-6-20(29)9-16/h4-13,15H,3,14H2,1-2H3/t15-/m0/s1. The van der Waals surface area contributed by atoms with E-state index in [2.05, 4.69) is 26.0 Å². The summed E-state index contributed by atoms with van der Waals surface area (Å²) in [6.45, 7) is 3.76. The number of rotatable bonds is 8. The lowest BCUT2D eigenvalue weighted by atomic mass is 10.1. The van der Waals surface area contributed by atoms with Gasteiger partial charge in [-0.1, -0.05) is 53.5 Å². The molecule has 4 rings (SSSR count). The minimum atomic E-state index is -0.629. The Labute approximate surface area is 224 Å². The van der Waals surface area contributed by atoms with E-state index < -0.39 is 16.3 Å². The number of hydrogen-bond donors (Lipinski definition) is 0. The molecule has 0 saturated heterocycles. The molecule has 0 saturated carbocycles. The Hall–Kier alpha value is -3.63. The third-order valence-electron chi connectivity index (χ3n) is 5.73. The lowest BCUT2D eigenvalue weighted by molar-refractivity contribution is -0.385. The maximum atomic E-state index is 13.6. The van der Waals surface area contributed by atoms with Crippen molar-refractivity contribution in [3.63, 3.8) is 0 Å². The van der Waals surface area contributed by atoms with Crippen molar-refractivity contribution in [3.05, 3.63) is 107 Å².